The smallest absolute Gasteiger partial charge is 0.387 e. The lowest BCUT2D eigenvalue weighted by Gasteiger charge is -2.14. The summed E-state index contributed by atoms with van der Waals surface area (Å²) in [6, 6.07) is 8.67. The zero-order valence-electron chi connectivity index (χ0n) is 11.4. The van der Waals surface area contributed by atoms with Crippen LogP contribution < -0.4 is 10.1 Å². The van der Waals surface area contributed by atoms with Gasteiger partial charge >= 0.3 is 6.61 Å². The van der Waals surface area contributed by atoms with Gasteiger partial charge in [-0.3, -0.25) is 4.68 Å². The standard InChI is InChI=1S/C14H17F2N3O/c1-10(17-9-12-7-8-19(2)18-12)11-3-5-13(6-4-11)20-14(15)16/h3-8,10,14,17H,9H2,1-2H3. The molecular weight excluding hydrogens is 264 g/mol. The van der Waals surface area contributed by atoms with Crippen molar-refractivity contribution in [2.45, 2.75) is 26.1 Å². The number of aryl methyl sites for hydroxylation is 1. The van der Waals surface area contributed by atoms with Gasteiger partial charge in [-0.2, -0.15) is 13.9 Å². The minimum Gasteiger partial charge on any atom is -0.435 e. The number of alkyl halides is 2. The van der Waals surface area contributed by atoms with E-state index in [4.69, 9.17) is 0 Å². The normalized spacial score (nSPS) is 12.7. The van der Waals surface area contributed by atoms with Crippen LogP contribution in [-0.2, 0) is 13.6 Å². The van der Waals surface area contributed by atoms with Crippen LogP contribution in [0.25, 0.3) is 0 Å². The third-order valence-corrected chi connectivity index (χ3v) is 2.96. The monoisotopic (exact) mass is 281 g/mol. The molecule has 0 spiro atoms. The van der Waals surface area contributed by atoms with Crippen molar-refractivity contribution in [3.05, 3.63) is 47.8 Å². The van der Waals surface area contributed by atoms with E-state index >= 15 is 0 Å². The number of aromatic nitrogens is 2. The summed E-state index contributed by atoms with van der Waals surface area (Å²) < 4.78 is 30.2. The molecule has 2 aromatic rings. The second-order valence-corrected chi connectivity index (χ2v) is 4.53. The van der Waals surface area contributed by atoms with Gasteiger partial charge in [0.15, 0.2) is 0 Å². The van der Waals surface area contributed by atoms with Crippen LogP contribution in [0.3, 0.4) is 0 Å². The lowest BCUT2D eigenvalue weighted by atomic mass is 10.1. The maximum Gasteiger partial charge on any atom is 0.387 e. The first kappa shape index (κ1) is 14.5. The highest BCUT2D eigenvalue weighted by molar-refractivity contribution is 5.29. The molecule has 1 aromatic heterocycles. The van der Waals surface area contributed by atoms with Gasteiger partial charge in [-0.1, -0.05) is 12.1 Å². The summed E-state index contributed by atoms with van der Waals surface area (Å²) in [4.78, 5) is 0. The predicted octanol–water partition coefficient (Wildman–Crippen LogP) is 2.87. The van der Waals surface area contributed by atoms with E-state index in [2.05, 4.69) is 15.2 Å². The summed E-state index contributed by atoms with van der Waals surface area (Å²) in [5, 5.41) is 7.60. The van der Waals surface area contributed by atoms with E-state index in [0.29, 0.717) is 6.54 Å². The minimum absolute atomic E-state index is 0.0950. The van der Waals surface area contributed by atoms with Gasteiger partial charge in [0.25, 0.3) is 0 Å². The van der Waals surface area contributed by atoms with Crippen LogP contribution in [0.5, 0.6) is 5.75 Å². The number of hydrogen-bond donors (Lipinski definition) is 1. The molecule has 4 nitrogen and oxygen atoms in total. The molecule has 108 valence electrons. The van der Waals surface area contributed by atoms with Gasteiger partial charge in [0, 0.05) is 25.8 Å². The molecule has 0 saturated carbocycles. The summed E-state index contributed by atoms with van der Waals surface area (Å²) in [6.45, 7) is -0.135. The van der Waals surface area contributed by atoms with Crippen LogP contribution in [-0.4, -0.2) is 16.4 Å². The molecule has 0 amide bonds. The fraction of sp³-hybridized carbons (Fsp3) is 0.357. The van der Waals surface area contributed by atoms with Crippen molar-refractivity contribution in [2.24, 2.45) is 7.05 Å². The quantitative estimate of drug-likeness (QED) is 0.885. The van der Waals surface area contributed by atoms with Gasteiger partial charge in [-0.05, 0) is 30.7 Å². The van der Waals surface area contributed by atoms with E-state index < -0.39 is 6.61 Å². The van der Waals surface area contributed by atoms with E-state index in [0.717, 1.165) is 11.3 Å². The largest absolute Gasteiger partial charge is 0.435 e. The SMILES string of the molecule is CC(NCc1ccn(C)n1)c1ccc(OC(F)F)cc1. The van der Waals surface area contributed by atoms with Gasteiger partial charge in [0.05, 0.1) is 5.69 Å². The Morgan fingerprint density at radius 3 is 2.50 bits per heavy atom. The van der Waals surface area contributed by atoms with Crippen LogP contribution in [0, 0.1) is 0 Å². The predicted molar refractivity (Wildman–Crippen MR) is 71.5 cm³/mol. The molecule has 1 heterocycles. The van der Waals surface area contributed by atoms with Crippen molar-refractivity contribution in [3.8, 4) is 5.75 Å². The molecule has 6 heteroatoms. The molecule has 2 rings (SSSR count). The summed E-state index contributed by atoms with van der Waals surface area (Å²) in [5.74, 6) is 0.167. The molecule has 20 heavy (non-hydrogen) atoms. The third-order valence-electron chi connectivity index (χ3n) is 2.96. The molecule has 0 saturated heterocycles. The molecule has 0 aliphatic rings. The Labute approximate surface area is 116 Å². The van der Waals surface area contributed by atoms with E-state index in [1.54, 1.807) is 28.9 Å². The van der Waals surface area contributed by atoms with Crippen molar-refractivity contribution in [3.63, 3.8) is 0 Å². The fourth-order valence-corrected chi connectivity index (χ4v) is 1.87. The summed E-state index contributed by atoms with van der Waals surface area (Å²) in [6.07, 6.45) is 1.89. The lowest BCUT2D eigenvalue weighted by Crippen LogP contribution is -2.18. The zero-order valence-corrected chi connectivity index (χ0v) is 11.4. The Hall–Kier alpha value is -1.95. The minimum atomic E-state index is -2.79. The molecule has 0 aliphatic heterocycles. The van der Waals surface area contributed by atoms with Crippen molar-refractivity contribution in [1.82, 2.24) is 15.1 Å². The first-order valence-corrected chi connectivity index (χ1v) is 6.31. The van der Waals surface area contributed by atoms with Crippen molar-refractivity contribution in [1.29, 1.82) is 0 Å². The highest BCUT2D eigenvalue weighted by atomic mass is 19.3. The van der Waals surface area contributed by atoms with E-state index in [9.17, 15) is 8.78 Å². The van der Waals surface area contributed by atoms with E-state index in [-0.39, 0.29) is 11.8 Å². The second-order valence-electron chi connectivity index (χ2n) is 4.53. The Morgan fingerprint density at radius 2 is 1.95 bits per heavy atom. The average Bonchev–Trinajstić information content (AvgIpc) is 2.82. The molecular formula is C14H17F2N3O. The fourth-order valence-electron chi connectivity index (χ4n) is 1.87. The highest BCUT2D eigenvalue weighted by Gasteiger charge is 2.08. The molecule has 0 aliphatic carbocycles. The van der Waals surface area contributed by atoms with Gasteiger partial charge in [-0.25, -0.2) is 0 Å². The summed E-state index contributed by atoms with van der Waals surface area (Å²) in [7, 11) is 1.87. The van der Waals surface area contributed by atoms with Gasteiger partial charge in [0.1, 0.15) is 5.75 Å². The second kappa shape index (κ2) is 6.47. The highest BCUT2D eigenvalue weighted by Crippen LogP contribution is 2.19. The first-order valence-electron chi connectivity index (χ1n) is 6.31. The van der Waals surface area contributed by atoms with Gasteiger partial charge in [0.2, 0.25) is 0 Å². The van der Waals surface area contributed by atoms with Gasteiger partial charge < -0.3 is 10.1 Å². The van der Waals surface area contributed by atoms with Crippen LogP contribution >= 0.6 is 0 Å². The molecule has 0 radical (unpaired) electrons. The first-order chi connectivity index (χ1) is 9.54. The van der Waals surface area contributed by atoms with E-state index in [1.165, 1.54) is 0 Å². The Morgan fingerprint density at radius 1 is 1.25 bits per heavy atom. The van der Waals surface area contributed by atoms with Crippen LogP contribution in [0.4, 0.5) is 8.78 Å². The zero-order chi connectivity index (χ0) is 14.5. The number of ether oxygens (including phenoxy) is 1. The molecule has 0 bridgehead atoms. The number of rotatable bonds is 6. The summed E-state index contributed by atoms with van der Waals surface area (Å²) >= 11 is 0. The van der Waals surface area contributed by atoms with Crippen LogP contribution in [0.15, 0.2) is 36.5 Å². The molecule has 1 atom stereocenters. The lowest BCUT2D eigenvalue weighted by molar-refractivity contribution is -0.0498. The molecule has 1 N–H and O–H groups in total. The van der Waals surface area contributed by atoms with Crippen molar-refractivity contribution in [2.75, 3.05) is 0 Å². The Kier molecular flexibility index (Phi) is 4.68. The molecule has 1 aromatic carbocycles. The third kappa shape index (κ3) is 4.03. The number of nitrogens with zero attached hydrogens (tertiary/aromatic N) is 2. The van der Waals surface area contributed by atoms with Crippen LogP contribution in [0.1, 0.15) is 24.2 Å². The average molecular weight is 281 g/mol. The summed E-state index contributed by atoms with van der Waals surface area (Å²) in [5.41, 5.74) is 1.96. The molecule has 0 fully saturated rings. The molecule has 1 unspecified atom stereocenters. The number of benzene rings is 1. The number of halogens is 2. The van der Waals surface area contributed by atoms with E-state index in [1.807, 2.05) is 26.2 Å². The number of hydrogen-bond acceptors (Lipinski definition) is 3. The maximum absolute atomic E-state index is 12.0. The van der Waals surface area contributed by atoms with Crippen LogP contribution in [0.2, 0.25) is 0 Å². The topological polar surface area (TPSA) is 39.1 Å². The maximum atomic E-state index is 12.0. The Bertz CT molecular complexity index is 540. The Balaban J connectivity index is 1.90. The van der Waals surface area contributed by atoms with Gasteiger partial charge in [-0.15, -0.1) is 0 Å². The van der Waals surface area contributed by atoms with Crippen molar-refractivity contribution < 1.29 is 13.5 Å². The number of nitrogens with one attached hydrogen (secondary N) is 1. The van der Waals surface area contributed by atoms with Crippen molar-refractivity contribution >= 4 is 0 Å².